The van der Waals surface area contributed by atoms with Crippen molar-refractivity contribution >= 4 is 19.0 Å². The van der Waals surface area contributed by atoms with Crippen LogP contribution in [0.2, 0.25) is 0 Å². The Hall–Kier alpha value is -1.39. The Morgan fingerprint density at radius 1 is 1.04 bits per heavy atom. The minimum absolute atomic E-state index is 0.168. The molecule has 140 valence electrons. The maximum atomic E-state index is 12.6. The van der Waals surface area contributed by atoms with Gasteiger partial charge in [-0.15, -0.1) is 4.52 Å². The fourth-order valence-corrected chi connectivity index (χ4v) is 3.62. The van der Waals surface area contributed by atoms with E-state index in [4.69, 9.17) is 4.52 Å². The second kappa shape index (κ2) is 9.52. The van der Waals surface area contributed by atoms with Crippen LogP contribution in [0.5, 0.6) is 0 Å². The molecular weight excluding hydrogens is 365 g/mol. The minimum atomic E-state index is -1.59. The fourth-order valence-electron chi connectivity index (χ4n) is 2.30. The van der Waals surface area contributed by atoms with E-state index in [1.165, 1.54) is 0 Å². The Morgan fingerprint density at radius 3 is 2.15 bits per heavy atom. The first-order valence-corrected chi connectivity index (χ1v) is 11.2. The van der Waals surface area contributed by atoms with E-state index in [0.717, 1.165) is 16.7 Å². The molecule has 0 fully saturated rings. The zero-order valence-corrected chi connectivity index (χ0v) is 17.5. The van der Waals surface area contributed by atoms with Gasteiger partial charge in [-0.3, -0.25) is 0 Å². The van der Waals surface area contributed by atoms with E-state index in [1.54, 1.807) is 0 Å². The molecule has 0 aliphatic rings. The highest BCUT2D eigenvalue weighted by Crippen LogP contribution is 2.26. The second-order valence-electron chi connectivity index (χ2n) is 7.01. The number of hydrogen-bond acceptors (Lipinski definition) is 3. The van der Waals surface area contributed by atoms with Crippen LogP contribution in [-0.2, 0) is 26.7 Å². The van der Waals surface area contributed by atoms with E-state index >= 15 is 0 Å². The van der Waals surface area contributed by atoms with Crippen molar-refractivity contribution in [3.63, 3.8) is 0 Å². The number of nitrogens with one attached hydrogen (secondary N) is 1. The summed E-state index contributed by atoms with van der Waals surface area (Å²) in [7, 11) is -2.78. The molecule has 0 amide bonds. The summed E-state index contributed by atoms with van der Waals surface area (Å²) in [6.45, 7) is 8.03. The van der Waals surface area contributed by atoms with Gasteiger partial charge in [-0.2, -0.15) is 0 Å². The van der Waals surface area contributed by atoms with Crippen LogP contribution in [-0.4, -0.2) is 15.1 Å². The minimum Gasteiger partial charge on any atom is -0.242 e. The first-order valence-electron chi connectivity index (χ1n) is 8.70. The van der Waals surface area contributed by atoms with Gasteiger partial charge in [-0.05, 0) is 49.0 Å². The molecule has 2 aromatic rings. The van der Waals surface area contributed by atoms with Crippen LogP contribution in [0.15, 0.2) is 54.6 Å². The molecular formula is C20H27NO3PS+. The van der Waals surface area contributed by atoms with Gasteiger partial charge < -0.3 is 0 Å². The van der Waals surface area contributed by atoms with Crippen molar-refractivity contribution in [3.8, 4) is 0 Å². The SMILES string of the molecule is CC[P+](=O)OCc1ccc([C@H](NS(=O)C(C)(C)C)c2ccccc2)cc1. The Bertz CT molecular complexity index is 742. The predicted octanol–water partition coefficient (Wildman–Crippen LogP) is 5.11. The summed E-state index contributed by atoms with van der Waals surface area (Å²) in [6.07, 6.45) is 0.520. The molecule has 0 aromatic heterocycles. The smallest absolute Gasteiger partial charge is 0.242 e. The third-order valence-corrected chi connectivity index (χ3v) is 6.36. The van der Waals surface area contributed by atoms with Gasteiger partial charge in [0.05, 0.1) is 21.8 Å². The highest BCUT2D eigenvalue weighted by atomic mass is 32.2. The molecule has 4 nitrogen and oxygen atoms in total. The largest absolute Gasteiger partial charge is 0.508 e. The van der Waals surface area contributed by atoms with E-state index in [2.05, 4.69) is 4.72 Å². The Balaban J connectivity index is 2.22. The van der Waals surface area contributed by atoms with Gasteiger partial charge >= 0.3 is 8.03 Å². The average Bonchev–Trinajstić information content (AvgIpc) is 2.64. The van der Waals surface area contributed by atoms with E-state index in [0.29, 0.717) is 12.8 Å². The highest BCUT2D eigenvalue weighted by Gasteiger charge is 2.24. The standard InChI is InChI=1S/C20H27NO3PS/c1-5-25(22)24-15-16-11-13-18(14-12-16)19(17-9-7-6-8-10-17)21-26(23)20(2,3)4/h6-14,19,21H,5,15H2,1-4H3/q+1/t19-,26?/m1/s1. The Morgan fingerprint density at radius 2 is 1.62 bits per heavy atom. The molecule has 0 saturated carbocycles. The monoisotopic (exact) mass is 392 g/mol. The summed E-state index contributed by atoms with van der Waals surface area (Å²) >= 11 is 0. The Labute approximate surface area is 159 Å². The van der Waals surface area contributed by atoms with Gasteiger partial charge in [-0.1, -0.05) is 54.6 Å². The van der Waals surface area contributed by atoms with Crippen LogP contribution < -0.4 is 4.72 Å². The second-order valence-corrected chi connectivity index (χ2v) is 10.6. The molecule has 6 heteroatoms. The van der Waals surface area contributed by atoms with Crippen molar-refractivity contribution in [2.45, 2.75) is 45.1 Å². The van der Waals surface area contributed by atoms with Crippen LogP contribution >= 0.6 is 8.03 Å². The quantitative estimate of drug-likeness (QED) is 0.636. The molecule has 0 aliphatic heterocycles. The molecule has 3 atom stereocenters. The van der Waals surface area contributed by atoms with Crippen LogP contribution in [0.4, 0.5) is 0 Å². The van der Waals surface area contributed by atoms with Crippen molar-refractivity contribution in [3.05, 3.63) is 71.3 Å². The highest BCUT2D eigenvalue weighted by molar-refractivity contribution is 7.84. The van der Waals surface area contributed by atoms with Gasteiger partial charge in [-0.25, -0.2) is 8.93 Å². The summed E-state index contributed by atoms with van der Waals surface area (Å²) in [5.74, 6) is 0. The van der Waals surface area contributed by atoms with Gasteiger partial charge in [0.15, 0.2) is 6.16 Å². The van der Waals surface area contributed by atoms with Crippen molar-refractivity contribution in [2.75, 3.05) is 6.16 Å². The van der Waals surface area contributed by atoms with Crippen molar-refractivity contribution in [1.82, 2.24) is 4.72 Å². The number of rotatable bonds is 8. The lowest BCUT2D eigenvalue weighted by Gasteiger charge is -2.25. The summed E-state index contributed by atoms with van der Waals surface area (Å²) in [6, 6.07) is 17.7. The first kappa shape index (κ1) is 20.9. The van der Waals surface area contributed by atoms with Crippen LogP contribution in [0.3, 0.4) is 0 Å². The van der Waals surface area contributed by atoms with Gasteiger partial charge in [0.25, 0.3) is 0 Å². The fraction of sp³-hybridized carbons (Fsp3) is 0.400. The van der Waals surface area contributed by atoms with Crippen molar-refractivity contribution in [1.29, 1.82) is 0 Å². The number of benzene rings is 2. The van der Waals surface area contributed by atoms with Crippen LogP contribution in [0.25, 0.3) is 0 Å². The molecule has 1 N–H and O–H groups in total. The first-order chi connectivity index (χ1) is 12.3. The molecule has 0 radical (unpaired) electrons. The maximum absolute atomic E-state index is 12.6. The average molecular weight is 392 g/mol. The maximum Gasteiger partial charge on any atom is 0.508 e. The molecule has 2 rings (SSSR count). The summed E-state index contributed by atoms with van der Waals surface area (Å²) in [4.78, 5) is 0. The molecule has 0 heterocycles. The van der Waals surface area contributed by atoms with E-state index in [1.807, 2.05) is 82.3 Å². The number of hydrogen-bond donors (Lipinski definition) is 1. The molecule has 0 bridgehead atoms. The molecule has 0 saturated heterocycles. The molecule has 2 aromatic carbocycles. The normalized spacial score (nSPS) is 14.7. The van der Waals surface area contributed by atoms with Crippen LogP contribution in [0, 0.1) is 0 Å². The van der Waals surface area contributed by atoms with E-state index in [9.17, 15) is 8.77 Å². The molecule has 0 aliphatic carbocycles. The lowest BCUT2D eigenvalue weighted by molar-refractivity contribution is 0.319. The van der Waals surface area contributed by atoms with Crippen LogP contribution in [0.1, 0.15) is 50.4 Å². The van der Waals surface area contributed by atoms with Gasteiger partial charge in [0.1, 0.15) is 6.61 Å². The third kappa shape index (κ3) is 6.10. The Kier molecular flexibility index (Phi) is 7.66. The molecule has 0 spiro atoms. The lowest BCUT2D eigenvalue weighted by Crippen LogP contribution is -2.36. The molecule has 26 heavy (non-hydrogen) atoms. The van der Waals surface area contributed by atoms with Crippen molar-refractivity contribution in [2.24, 2.45) is 0 Å². The molecule has 2 unspecified atom stereocenters. The van der Waals surface area contributed by atoms with Crippen molar-refractivity contribution < 1.29 is 13.3 Å². The van der Waals surface area contributed by atoms with Gasteiger partial charge in [0, 0.05) is 0 Å². The third-order valence-electron chi connectivity index (χ3n) is 3.86. The van der Waals surface area contributed by atoms with E-state index in [-0.39, 0.29) is 10.8 Å². The zero-order valence-electron chi connectivity index (χ0n) is 15.8. The summed E-state index contributed by atoms with van der Waals surface area (Å²) in [5.41, 5.74) is 3.05. The predicted molar refractivity (Wildman–Crippen MR) is 109 cm³/mol. The summed E-state index contributed by atoms with van der Waals surface area (Å²) < 4.78 is 32.3. The topological polar surface area (TPSA) is 55.4 Å². The van der Waals surface area contributed by atoms with E-state index < -0.39 is 19.0 Å². The lowest BCUT2D eigenvalue weighted by atomic mass is 9.99. The van der Waals surface area contributed by atoms with Gasteiger partial charge in [0.2, 0.25) is 0 Å². The summed E-state index contributed by atoms with van der Waals surface area (Å²) in [5, 5.41) is 0. The zero-order chi connectivity index (χ0) is 19.2.